The minimum atomic E-state index is -1.20. The zero-order valence-corrected chi connectivity index (χ0v) is 18.8. The van der Waals surface area contributed by atoms with Gasteiger partial charge in [0.1, 0.15) is 23.6 Å². The zero-order chi connectivity index (χ0) is 24.6. The van der Waals surface area contributed by atoms with Gasteiger partial charge >= 0.3 is 0 Å². The largest absolute Gasteiger partial charge is 0.325 e. The van der Waals surface area contributed by atoms with Gasteiger partial charge in [-0.3, -0.25) is 14.4 Å². The SMILES string of the molecule is CC(C)CC(C(=O)Nc1cc(F)cc(F)c1)C(=O)N1C[C@]2(C[C@H]1C#N)C(=O)Nc1ccccc12. The summed E-state index contributed by atoms with van der Waals surface area (Å²) in [5.74, 6) is -4.59. The average Bonchev–Trinajstić information content (AvgIpc) is 3.29. The third kappa shape index (κ3) is 4.12. The van der Waals surface area contributed by atoms with Crippen LogP contribution < -0.4 is 10.6 Å². The van der Waals surface area contributed by atoms with Crippen LogP contribution in [0.3, 0.4) is 0 Å². The molecule has 7 nitrogen and oxygen atoms in total. The van der Waals surface area contributed by atoms with E-state index < -0.39 is 40.8 Å². The molecule has 2 aliphatic heterocycles. The van der Waals surface area contributed by atoms with E-state index in [0.717, 1.165) is 17.7 Å². The number of nitriles is 1. The van der Waals surface area contributed by atoms with Crippen molar-refractivity contribution in [2.24, 2.45) is 11.8 Å². The molecule has 1 unspecified atom stereocenters. The summed E-state index contributed by atoms with van der Waals surface area (Å²) in [5, 5.41) is 15.1. The first kappa shape index (κ1) is 23.4. The Morgan fingerprint density at radius 1 is 1.24 bits per heavy atom. The lowest BCUT2D eigenvalue weighted by Gasteiger charge is -2.27. The molecule has 2 aliphatic rings. The fraction of sp³-hybridized carbons (Fsp3) is 0.360. The first-order valence-electron chi connectivity index (χ1n) is 11.0. The van der Waals surface area contributed by atoms with Gasteiger partial charge in [0.15, 0.2) is 0 Å². The summed E-state index contributed by atoms with van der Waals surface area (Å²) in [6, 6.07) is 10.9. The number of hydrogen-bond donors (Lipinski definition) is 2. The smallest absolute Gasteiger partial charge is 0.237 e. The van der Waals surface area contributed by atoms with Gasteiger partial charge in [0.2, 0.25) is 17.7 Å². The maximum atomic E-state index is 13.6. The highest BCUT2D eigenvalue weighted by Gasteiger charge is 2.56. The van der Waals surface area contributed by atoms with Crippen LogP contribution in [-0.4, -0.2) is 35.2 Å². The van der Waals surface area contributed by atoms with E-state index in [-0.39, 0.29) is 36.9 Å². The monoisotopic (exact) mass is 466 g/mol. The minimum absolute atomic E-state index is 0.0383. The lowest BCUT2D eigenvalue weighted by atomic mass is 9.80. The lowest BCUT2D eigenvalue weighted by Crippen LogP contribution is -2.45. The van der Waals surface area contributed by atoms with Crippen LogP contribution in [0.15, 0.2) is 42.5 Å². The molecule has 2 heterocycles. The number of rotatable bonds is 5. The maximum Gasteiger partial charge on any atom is 0.237 e. The highest BCUT2D eigenvalue weighted by atomic mass is 19.1. The van der Waals surface area contributed by atoms with Crippen molar-refractivity contribution in [2.45, 2.75) is 38.1 Å². The van der Waals surface area contributed by atoms with Crippen LogP contribution in [0.4, 0.5) is 20.2 Å². The van der Waals surface area contributed by atoms with Crippen LogP contribution in [0.5, 0.6) is 0 Å². The summed E-state index contributed by atoms with van der Waals surface area (Å²) in [7, 11) is 0. The van der Waals surface area contributed by atoms with Crippen molar-refractivity contribution in [2.75, 3.05) is 17.2 Å². The van der Waals surface area contributed by atoms with Gasteiger partial charge in [-0.1, -0.05) is 32.0 Å². The van der Waals surface area contributed by atoms with Crippen LogP contribution in [0.25, 0.3) is 0 Å². The van der Waals surface area contributed by atoms with E-state index in [4.69, 9.17) is 0 Å². The summed E-state index contributed by atoms with van der Waals surface area (Å²) in [5.41, 5.74) is 0.179. The molecule has 3 amide bonds. The molecule has 3 atom stereocenters. The molecule has 0 aromatic heterocycles. The Bertz CT molecular complexity index is 1190. The molecule has 2 aromatic rings. The molecule has 176 valence electrons. The van der Waals surface area contributed by atoms with Crippen molar-refractivity contribution in [3.63, 3.8) is 0 Å². The Labute approximate surface area is 195 Å². The Balaban J connectivity index is 1.63. The molecule has 2 N–H and O–H groups in total. The zero-order valence-electron chi connectivity index (χ0n) is 18.8. The number of fused-ring (bicyclic) bond motifs is 2. The summed E-state index contributed by atoms with van der Waals surface area (Å²) in [6.07, 6.45) is 0.274. The molecule has 9 heteroatoms. The fourth-order valence-corrected chi connectivity index (χ4v) is 4.83. The van der Waals surface area contributed by atoms with Crippen LogP contribution in [-0.2, 0) is 19.8 Å². The van der Waals surface area contributed by atoms with Gasteiger partial charge in [-0.25, -0.2) is 8.78 Å². The maximum absolute atomic E-state index is 13.6. The third-order valence-electron chi connectivity index (χ3n) is 6.37. The Morgan fingerprint density at radius 2 is 1.91 bits per heavy atom. The van der Waals surface area contributed by atoms with Crippen molar-refractivity contribution in [3.8, 4) is 6.07 Å². The van der Waals surface area contributed by atoms with Gasteiger partial charge in [0, 0.05) is 30.4 Å². The molecular weight excluding hydrogens is 442 g/mol. The van der Waals surface area contributed by atoms with E-state index in [9.17, 15) is 28.4 Å². The van der Waals surface area contributed by atoms with Crippen LogP contribution in [0.2, 0.25) is 0 Å². The molecule has 1 spiro atoms. The highest BCUT2D eigenvalue weighted by Crippen LogP contribution is 2.46. The molecule has 4 rings (SSSR count). The summed E-state index contributed by atoms with van der Waals surface area (Å²) >= 11 is 0. The van der Waals surface area contributed by atoms with Gasteiger partial charge in [-0.15, -0.1) is 0 Å². The standard InChI is InChI=1S/C25H24F2N4O3/c1-14(2)7-19(22(32)29-17-9-15(26)8-16(27)10-17)23(33)31-13-25(11-18(31)12-28)20-5-3-4-6-21(20)30-24(25)34/h3-6,8-10,14,18-19H,7,11,13H2,1-2H3,(H,29,32)(H,30,34)/t18-,19?,25-/m0/s1. The second-order valence-corrected chi connectivity index (χ2v) is 9.23. The number of halogens is 2. The molecule has 0 radical (unpaired) electrons. The summed E-state index contributed by atoms with van der Waals surface area (Å²) in [4.78, 5) is 40.9. The molecule has 2 aromatic carbocycles. The van der Waals surface area contributed by atoms with E-state index in [2.05, 4.69) is 16.7 Å². The van der Waals surface area contributed by atoms with Gasteiger partial charge in [0.05, 0.1) is 11.5 Å². The minimum Gasteiger partial charge on any atom is -0.325 e. The lowest BCUT2D eigenvalue weighted by molar-refractivity contribution is -0.141. The van der Waals surface area contributed by atoms with Crippen molar-refractivity contribution in [1.29, 1.82) is 5.26 Å². The third-order valence-corrected chi connectivity index (χ3v) is 6.37. The Hall–Kier alpha value is -3.80. The van der Waals surface area contributed by atoms with E-state index in [1.807, 2.05) is 13.8 Å². The quantitative estimate of drug-likeness (QED) is 0.658. The number of amides is 3. The molecule has 1 saturated heterocycles. The normalized spacial score (nSPS) is 21.8. The number of anilines is 2. The predicted molar refractivity (Wildman–Crippen MR) is 120 cm³/mol. The van der Waals surface area contributed by atoms with Gasteiger partial charge in [0.25, 0.3) is 0 Å². The first-order chi connectivity index (χ1) is 16.1. The number of carbonyl (C=O) groups is 3. The average molecular weight is 466 g/mol. The van der Waals surface area contributed by atoms with Gasteiger partial charge in [-0.2, -0.15) is 5.26 Å². The number of nitrogens with one attached hydrogen (secondary N) is 2. The van der Waals surface area contributed by atoms with Crippen molar-refractivity contribution < 1.29 is 23.2 Å². The number of benzene rings is 2. The van der Waals surface area contributed by atoms with Crippen molar-refractivity contribution >= 4 is 29.1 Å². The topological polar surface area (TPSA) is 102 Å². The Morgan fingerprint density at radius 3 is 2.56 bits per heavy atom. The van der Waals surface area contributed by atoms with Crippen LogP contribution >= 0.6 is 0 Å². The van der Waals surface area contributed by atoms with E-state index in [0.29, 0.717) is 11.8 Å². The van der Waals surface area contributed by atoms with Gasteiger partial charge in [-0.05, 0) is 36.1 Å². The predicted octanol–water partition coefficient (Wildman–Crippen LogP) is 3.58. The number of likely N-dealkylation sites (tertiary alicyclic amines) is 1. The first-order valence-corrected chi connectivity index (χ1v) is 11.0. The summed E-state index contributed by atoms with van der Waals surface area (Å²) < 4.78 is 27.2. The second kappa shape index (κ2) is 8.86. The number of nitrogens with zero attached hydrogens (tertiary/aromatic N) is 2. The van der Waals surface area contributed by atoms with Crippen molar-refractivity contribution in [1.82, 2.24) is 4.90 Å². The van der Waals surface area contributed by atoms with E-state index >= 15 is 0 Å². The number of carbonyl (C=O) groups excluding carboxylic acids is 3. The molecule has 34 heavy (non-hydrogen) atoms. The van der Waals surface area contributed by atoms with Crippen LogP contribution in [0.1, 0.15) is 32.3 Å². The van der Waals surface area contributed by atoms with Crippen molar-refractivity contribution in [3.05, 3.63) is 59.7 Å². The van der Waals surface area contributed by atoms with E-state index in [1.165, 1.54) is 4.90 Å². The Kier molecular flexibility index (Phi) is 6.09. The highest BCUT2D eigenvalue weighted by molar-refractivity contribution is 6.09. The molecule has 0 bridgehead atoms. The number of para-hydroxylation sites is 1. The number of hydrogen-bond acceptors (Lipinski definition) is 4. The van der Waals surface area contributed by atoms with Gasteiger partial charge < -0.3 is 15.5 Å². The molecule has 0 aliphatic carbocycles. The van der Waals surface area contributed by atoms with E-state index in [1.54, 1.807) is 24.3 Å². The molecular formula is C25H24F2N4O3. The summed E-state index contributed by atoms with van der Waals surface area (Å²) in [6.45, 7) is 3.63. The molecule has 0 saturated carbocycles. The molecule has 1 fully saturated rings. The van der Waals surface area contributed by atoms with Crippen LogP contribution in [0, 0.1) is 34.8 Å². The second-order valence-electron chi connectivity index (χ2n) is 9.23. The fourth-order valence-electron chi connectivity index (χ4n) is 4.83.